The van der Waals surface area contributed by atoms with Gasteiger partial charge in [0, 0.05) is 51.1 Å². The van der Waals surface area contributed by atoms with Crippen molar-refractivity contribution in [1.82, 2.24) is 34.8 Å². The maximum Gasteiger partial charge on any atom is 0.433 e. The third-order valence-electron chi connectivity index (χ3n) is 7.70. The number of aromatic nitrogens is 6. The summed E-state index contributed by atoms with van der Waals surface area (Å²) < 4.78 is 46.3. The zero-order valence-electron chi connectivity index (χ0n) is 24.2. The molecule has 3 aromatic heterocycles. The average Bonchev–Trinajstić information content (AvgIpc) is 3.89. The summed E-state index contributed by atoms with van der Waals surface area (Å²) in [5.41, 5.74) is 2.79. The molecule has 0 spiro atoms. The molecule has 0 atom stereocenters. The van der Waals surface area contributed by atoms with Crippen LogP contribution in [0.15, 0.2) is 49.1 Å². The first-order valence-corrected chi connectivity index (χ1v) is 14.2. The van der Waals surface area contributed by atoms with E-state index in [9.17, 15) is 18.0 Å². The first kappa shape index (κ1) is 29.2. The average molecular weight is 606 g/mol. The number of carbonyl (C=O) groups is 1. The van der Waals surface area contributed by atoms with Crippen molar-refractivity contribution in [3.05, 3.63) is 66.0 Å². The lowest BCUT2D eigenvalue weighted by molar-refractivity contribution is -0.141. The van der Waals surface area contributed by atoms with Crippen molar-refractivity contribution in [2.24, 2.45) is 0 Å². The summed E-state index contributed by atoms with van der Waals surface area (Å²) in [6.45, 7) is 3.85. The van der Waals surface area contributed by atoms with Crippen molar-refractivity contribution in [3.63, 3.8) is 0 Å². The Hall–Kier alpha value is -4.88. The van der Waals surface area contributed by atoms with Gasteiger partial charge < -0.3 is 19.9 Å². The molecule has 1 aliphatic heterocycles. The molecule has 4 heterocycles. The van der Waals surface area contributed by atoms with Crippen LogP contribution in [0.1, 0.15) is 42.6 Å². The summed E-state index contributed by atoms with van der Waals surface area (Å²) in [5.74, 6) is 1.45. The van der Waals surface area contributed by atoms with Gasteiger partial charge in [0.25, 0.3) is 0 Å². The van der Waals surface area contributed by atoms with Gasteiger partial charge in [0.2, 0.25) is 17.7 Å². The highest BCUT2D eigenvalue weighted by Gasteiger charge is 2.34. The first-order valence-electron chi connectivity index (χ1n) is 14.2. The molecule has 1 amide bonds. The summed E-state index contributed by atoms with van der Waals surface area (Å²) in [6.07, 6.45) is 0.379. The van der Waals surface area contributed by atoms with E-state index in [4.69, 9.17) is 4.74 Å². The van der Waals surface area contributed by atoms with E-state index < -0.39 is 11.9 Å². The Morgan fingerprint density at radius 1 is 0.955 bits per heavy atom. The van der Waals surface area contributed by atoms with Gasteiger partial charge in [-0.15, -0.1) is 0 Å². The number of hydrogen-bond acceptors (Lipinski definition) is 10. The number of methoxy groups -OCH3 is 1. The highest BCUT2D eigenvalue weighted by Crippen LogP contribution is 2.44. The minimum Gasteiger partial charge on any atom is -0.480 e. The summed E-state index contributed by atoms with van der Waals surface area (Å²) >= 11 is 0. The Morgan fingerprint density at radius 3 is 2.34 bits per heavy atom. The van der Waals surface area contributed by atoms with Crippen LogP contribution < -0.4 is 15.0 Å². The molecule has 11 nitrogen and oxygen atoms in total. The highest BCUT2D eigenvalue weighted by atomic mass is 19.4. The molecule has 2 fully saturated rings. The van der Waals surface area contributed by atoms with E-state index >= 15 is 0 Å². The van der Waals surface area contributed by atoms with Gasteiger partial charge in [0.15, 0.2) is 5.82 Å². The quantitative estimate of drug-likeness (QED) is 0.306. The van der Waals surface area contributed by atoms with Crippen molar-refractivity contribution in [2.75, 3.05) is 43.5 Å². The number of nitrogens with one attached hydrogen (secondary N) is 1. The molecule has 0 unspecified atom stereocenters. The second-order valence-corrected chi connectivity index (χ2v) is 10.7. The number of anilines is 2. The van der Waals surface area contributed by atoms with E-state index in [-0.39, 0.29) is 11.6 Å². The molecule has 1 aliphatic carbocycles. The minimum absolute atomic E-state index is 0.0233. The van der Waals surface area contributed by atoms with Crippen molar-refractivity contribution >= 4 is 17.5 Å². The van der Waals surface area contributed by atoms with Crippen LogP contribution in [0, 0.1) is 0 Å². The van der Waals surface area contributed by atoms with E-state index in [2.05, 4.69) is 35.2 Å². The van der Waals surface area contributed by atoms with Gasteiger partial charge in [0.1, 0.15) is 23.9 Å². The van der Waals surface area contributed by atoms with E-state index in [1.54, 1.807) is 24.1 Å². The third-order valence-corrected chi connectivity index (χ3v) is 7.70. The lowest BCUT2D eigenvalue weighted by Crippen LogP contribution is -2.48. The van der Waals surface area contributed by atoms with E-state index in [0.717, 1.165) is 30.2 Å². The van der Waals surface area contributed by atoms with Crippen LogP contribution in [0.5, 0.6) is 5.88 Å². The molecule has 1 saturated carbocycles. The normalized spacial score (nSPS) is 15.3. The fourth-order valence-electron chi connectivity index (χ4n) is 5.22. The number of ether oxygens (including phenoxy) is 1. The number of benzene rings is 1. The van der Waals surface area contributed by atoms with Crippen LogP contribution in [0.3, 0.4) is 0 Å². The topological polar surface area (TPSA) is 122 Å². The second-order valence-electron chi connectivity index (χ2n) is 10.7. The Labute approximate surface area is 251 Å². The lowest BCUT2D eigenvalue weighted by Gasteiger charge is -2.36. The number of carbonyl (C=O) groups excluding carboxylic acids is 1. The molecule has 4 aromatic rings. The molecule has 1 N–H and O–H groups in total. The third kappa shape index (κ3) is 6.24. The molecule has 1 saturated heterocycles. The van der Waals surface area contributed by atoms with Crippen LogP contribution in [-0.4, -0.2) is 74.0 Å². The molecule has 6 rings (SSSR count). The number of nitrogens with zero attached hydrogens (tertiary/aromatic N) is 8. The Kier molecular flexibility index (Phi) is 7.97. The maximum absolute atomic E-state index is 13.6. The van der Waals surface area contributed by atoms with Crippen molar-refractivity contribution in [1.29, 1.82) is 0 Å². The van der Waals surface area contributed by atoms with E-state index in [0.29, 0.717) is 73.1 Å². The SMILES string of the molecule is COc1ncnc(C2CC2)c1-c1ncnc(NCc2ccc(-c3nc(C(F)(F)F)ccc3N3CCN(C(C)=O)CC3)cc2)n1. The lowest BCUT2D eigenvalue weighted by atomic mass is 10.0. The smallest absolute Gasteiger partial charge is 0.433 e. The van der Waals surface area contributed by atoms with Gasteiger partial charge in [-0.3, -0.25) is 4.79 Å². The first-order chi connectivity index (χ1) is 21.2. The number of hydrogen-bond donors (Lipinski definition) is 1. The minimum atomic E-state index is -4.58. The Morgan fingerprint density at radius 2 is 1.68 bits per heavy atom. The molecule has 2 aliphatic rings. The Bertz CT molecular complexity index is 1650. The highest BCUT2D eigenvalue weighted by molar-refractivity contribution is 5.77. The van der Waals surface area contributed by atoms with Crippen LogP contribution in [-0.2, 0) is 17.5 Å². The standard InChI is InChI=1S/C30H30F3N9O2/c1-18(43)41-11-13-42(14-12-41)22-9-10-23(30(31,32)33)39-25(22)20-5-3-19(4-6-20)15-34-29-38-17-36-27(40-29)24-26(21-7-8-21)35-16-37-28(24)44-2/h3-6,9-10,16-17,21H,7-8,11-15H2,1-2H3,(H,34,36,38,40). The summed E-state index contributed by atoms with van der Waals surface area (Å²) in [4.78, 5) is 41.3. The van der Waals surface area contributed by atoms with E-state index in [1.807, 2.05) is 17.0 Å². The molecule has 0 radical (unpaired) electrons. The van der Waals surface area contributed by atoms with Gasteiger partial charge in [-0.05, 0) is 30.5 Å². The number of alkyl halides is 3. The summed E-state index contributed by atoms with van der Waals surface area (Å²) in [6, 6.07) is 9.61. The largest absolute Gasteiger partial charge is 0.480 e. The second kappa shape index (κ2) is 12.0. The van der Waals surface area contributed by atoms with E-state index in [1.165, 1.54) is 25.6 Å². The number of piperazine rings is 1. The number of amides is 1. The summed E-state index contributed by atoms with van der Waals surface area (Å²) in [5, 5.41) is 3.19. The molecule has 228 valence electrons. The monoisotopic (exact) mass is 605 g/mol. The van der Waals surface area contributed by atoms with Gasteiger partial charge in [-0.25, -0.2) is 24.9 Å². The van der Waals surface area contributed by atoms with Crippen LogP contribution in [0.2, 0.25) is 0 Å². The van der Waals surface area contributed by atoms with Crippen molar-refractivity contribution in [2.45, 2.75) is 38.4 Å². The van der Waals surface area contributed by atoms with Crippen LogP contribution in [0.4, 0.5) is 24.8 Å². The molecule has 44 heavy (non-hydrogen) atoms. The maximum atomic E-state index is 13.6. The van der Waals surface area contributed by atoms with Crippen molar-refractivity contribution in [3.8, 4) is 28.5 Å². The molecular formula is C30H30F3N9O2. The number of pyridine rings is 1. The molecule has 0 bridgehead atoms. The Balaban J connectivity index is 1.21. The van der Waals surface area contributed by atoms with Crippen LogP contribution >= 0.6 is 0 Å². The molecule has 14 heteroatoms. The summed E-state index contributed by atoms with van der Waals surface area (Å²) in [7, 11) is 1.54. The van der Waals surface area contributed by atoms with Crippen LogP contribution in [0.25, 0.3) is 22.6 Å². The number of halogens is 3. The van der Waals surface area contributed by atoms with Crippen molar-refractivity contribution < 1.29 is 22.7 Å². The predicted octanol–water partition coefficient (Wildman–Crippen LogP) is 4.58. The van der Waals surface area contributed by atoms with Gasteiger partial charge >= 0.3 is 6.18 Å². The molecular weight excluding hydrogens is 575 g/mol. The van der Waals surface area contributed by atoms with Gasteiger partial charge in [0.05, 0.1) is 24.2 Å². The van der Waals surface area contributed by atoms with Gasteiger partial charge in [-0.2, -0.15) is 18.2 Å². The van der Waals surface area contributed by atoms with Gasteiger partial charge in [-0.1, -0.05) is 24.3 Å². The fraction of sp³-hybridized carbons (Fsp3) is 0.367. The molecule has 1 aromatic carbocycles. The predicted molar refractivity (Wildman–Crippen MR) is 156 cm³/mol. The zero-order chi connectivity index (χ0) is 30.8. The fourth-order valence-corrected chi connectivity index (χ4v) is 5.22. The number of rotatable bonds is 8. The zero-order valence-corrected chi connectivity index (χ0v) is 24.2.